The Morgan fingerprint density at radius 1 is 1.00 bits per heavy atom. The number of nitrogens with one attached hydrogen (secondary N) is 1. The maximum absolute atomic E-state index is 12.6. The molecule has 2 heterocycles. The van der Waals surface area contributed by atoms with E-state index in [2.05, 4.69) is 5.32 Å². The van der Waals surface area contributed by atoms with Crippen LogP contribution in [-0.4, -0.2) is 76.7 Å². The second-order valence-corrected chi connectivity index (χ2v) is 7.59. The second-order valence-electron chi connectivity index (χ2n) is 7.59. The molecule has 1 N–H and O–H groups in total. The smallest absolute Gasteiger partial charge is 0.325 e. The van der Waals surface area contributed by atoms with Crippen molar-refractivity contribution >= 4 is 23.8 Å². The van der Waals surface area contributed by atoms with Gasteiger partial charge in [-0.05, 0) is 25.7 Å². The fourth-order valence-electron chi connectivity index (χ4n) is 4.14. The van der Waals surface area contributed by atoms with Crippen molar-refractivity contribution in [2.75, 3.05) is 32.7 Å². The van der Waals surface area contributed by atoms with Crippen LogP contribution in [-0.2, 0) is 14.4 Å². The zero-order valence-electron chi connectivity index (χ0n) is 14.3. The Hall–Kier alpha value is -2.12. The van der Waals surface area contributed by atoms with Crippen molar-refractivity contribution in [2.45, 2.75) is 44.1 Å². The van der Waals surface area contributed by atoms with Gasteiger partial charge in [0.2, 0.25) is 11.8 Å². The molecule has 2 aliphatic heterocycles. The Morgan fingerprint density at radius 2 is 1.60 bits per heavy atom. The standard InChI is InChI=1S/C17H24N4O4/c22-13(19-7-9-20(10-8-19)14(23)12-3-4-12)11-21-15(24)17(18-16(21)25)5-1-2-6-17/h12H,1-11H2,(H,18,25). The normalized spacial score (nSPS) is 25.7. The van der Waals surface area contributed by atoms with Gasteiger partial charge in [0.15, 0.2) is 0 Å². The van der Waals surface area contributed by atoms with E-state index in [-0.39, 0.29) is 30.2 Å². The highest BCUT2D eigenvalue weighted by molar-refractivity contribution is 6.09. The Kier molecular flexibility index (Phi) is 3.92. The minimum absolute atomic E-state index is 0.191. The van der Waals surface area contributed by atoms with E-state index in [1.54, 1.807) is 4.90 Å². The molecule has 0 aromatic rings. The number of carbonyl (C=O) groups is 4. The molecule has 8 nitrogen and oxygen atoms in total. The average molecular weight is 348 g/mol. The highest BCUT2D eigenvalue weighted by Crippen LogP contribution is 2.35. The molecule has 0 aromatic heterocycles. The summed E-state index contributed by atoms with van der Waals surface area (Å²) in [4.78, 5) is 53.9. The summed E-state index contributed by atoms with van der Waals surface area (Å²) in [7, 11) is 0. The van der Waals surface area contributed by atoms with Crippen LogP contribution in [0.2, 0.25) is 0 Å². The van der Waals surface area contributed by atoms with Crippen molar-refractivity contribution in [3.8, 4) is 0 Å². The topological polar surface area (TPSA) is 90.0 Å². The van der Waals surface area contributed by atoms with Gasteiger partial charge in [0.25, 0.3) is 5.91 Å². The van der Waals surface area contributed by atoms with Crippen LogP contribution in [0, 0.1) is 5.92 Å². The van der Waals surface area contributed by atoms with E-state index < -0.39 is 11.6 Å². The number of hydrogen-bond acceptors (Lipinski definition) is 4. The number of nitrogens with zero attached hydrogens (tertiary/aromatic N) is 3. The molecule has 0 unspecified atom stereocenters. The van der Waals surface area contributed by atoms with Crippen LogP contribution in [0.15, 0.2) is 0 Å². The van der Waals surface area contributed by atoms with Crippen molar-refractivity contribution in [2.24, 2.45) is 5.92 Å². The van der Waals surface area contributed by atoms with Crippen LogP contribution in [0.4, 0.5) is 4.79 Å². The van der Waals surface area contributed by atoms with Crippen LogP contribution in [0.5, 0.6) is 0 Å². The lowest BCUT2D eigenvalue weighted by Crippen LogP contribution is -2.53. The van der Waals surface area contributed by atoms with Crippen LogP contribution in [0.1, 0.15) is 38.5 Å². The summed E-state index contributed by atoms with van der Waals surface area (Å²) in [6.45, 7) is 1.79. The molecule has 2 saturated carbocycles. The van der Waals surface area contributed by atoms with E-state index in [0.717, 1.165) is 30.6 Å². The molecular formula is C17H24N4O4. The summed E-state index contributed by atoms with van der Waals surface area (Å²) in [5, 5.41) is 2.79. The van der Waals surface area contributed by atoms with E-state index in [1.807, 2.05) is 4.90 Å². The van der Waals surface area contributed by atoms with E-state index in [0.29, 0.717) is 39.0 Å². The number of imide groups is 1. The first kappa shape index (κ1) is 16.4. The van der Waals surface area contributed by atoms with Crippen LogP contribution < -0.4 is 5.32 Å². The minimum atomic E-state index is -0.771. The third-order valence-corrected chi connectivity index (χ3v) is 5.87. The maximum atomic E-state index is 12.6. The molecule has 4 fully saturated rings. The van der Waals surface area contributed by atoms with Gasteiger partial charge < -0.3 is 15.1 Å². The molecule has 4 aliphatic rings. The number of urea groups is 1. The molecular weight excluding hydrogens is 324 g/mol. The number of rotatable bonds is 3. The quantitative estimate of drug-likeness (QED) is 0.723. The lowest BCUT2D eigenvalue weighted by atomic mass is 9.98. The highest BCUT2D eigenvalue weighted by Gasteiger charge is 2.53. The maximum Gasteiger partial charge on any atom is 0.325 e. The number of piperazine rings is 1. The molecule has 1 spiro atoms. The molecule has 0 radical (unpaired) electrons. The first-order chi connectivity index (χ1) is 12.0. The molecule has 0 aromatic carbocycles. The molecule has 0 atom stereocenters. The average Bonchev–Trinajstić information content (AvgIpc) is 3.32. The first-order valence-corrected chi connectivity index (χ1v) is 9.21. The molecule has 0 bridgehead atoms. The first-order valence-electron chi connectivity index (χ1n) is 9.21. The zero-order chi connectivity index (χ0) is 17.6. The van der Waals surface area contributed by atoms with E-state index in [1.165, 1.54) is 0 Å². The predicted molar refractivity (Wildman–Crippen MR) is 87.3 cm³/mol. The third-order valence-electron chi connectivity index (χ3n) is 5.87. The van der Waals surface area contributed by atoms with Gasteiger partial charge >= 0.3 is 6.03 Å². The molecule has 5 amide bonds. The predicted octanol–water partition coefficient (Wildman–Crippen LogP) is -0.0682. The fourth-order valence-corrected chi connectivity index (χ4v) is 4.14. The second kappa shape index (κ2) is 6.00. The summed E-state index contributed by atoms with van der Waals surface area (Å²) in [6, 6.07) is -0.456. The van der Waals surface area contributed by atoms with E-state index in [9.17, 15) is 19.2 Å². The largest absolute Gasteiger partial charge is 0.339 e. The van der Waals surface area contributed by atoms with Gasteiger partial charge in [0.1, 0.15) is 12.1 Å². The van der Waals surface area contributed by atoms with Crippen LogP contribution in [0.3, 0.4) is 0 Å². The molecule has 2 aliphatic carbocycles. The van der Waals surface area contributed by atoms with Gasteiger partial charge in [-0.1, -0.05) is 12.8 Å². The third kappa shape index (κ3) is 2.87. The molecule has 2 saturated heterocycles. The Balaban J connectivity index is 1.32. The Morgan fingerprint density at radius 3 is 2.20 bits per heavy atom. The van der Waals surface area contributed by atoms with Crippen LogP contribution >= 0.6 is 0 Å². The summed E-state index contributed by atoms with van der Waals surface area (Å²) in [5.74, 6) is -0.0943. The van der Waals surface area contributed by atoms with Crippen molar-refractivity contribution in [1.29, 1.82) is 0 Å². The minimum Gasteiger partial charge on any atom is -0.339 e. The van der Waals surface area contributed by atoms with Crippen molar-refractivity contribution in [1.82, 2.24) is 20.0 Å². The van der Waals surface area contributed by atoms with E-state index >= 15 is 0 Å². The van der Waals surface area contributed by atoms with Gasteiger partial charge in [-0.2, -0.15) is 0 Å². The van der Waals surface area contributed by atoms with Crippen molar-refractivity contribution in [3.05, 3.63) is 0 Å². The van der Waals surface area contributed by atoms with Crippen LogP contribution in [0.25, 0.3) is 0 Å². The van der Waals surface area contributed by atoms with Crippen molar-refractivity contribution < 1.29 is 19.2 Å². The summed E-state index contributed by atoms with van der Waals surface area (Å²) in [6.07, 6.45) is 5.11. The SMILES string of the molecule is O=C(CN1C(=O)NC2(CCCC2)C1=O)N1CCN(C(=O)C2CC2)CC1. The lowest BCUT2D eigenvalue weighted by Gasteiger charge is -2.35. The Labute approximate surface area is 146 Å². The summed E-state index contributed by atoms with van der Waals surface area (Å²) < 4.78 is 0. The van der Waals surface area contributed by atoms with Gasteiger partial charge in [-0.3, -0.25) is 19.3 Å². The summed E-state index contributed by atoms with van der Waals surface area (Å²) in [5.41, 5.74) is -0.771. The molecule has 4 rings (SSSR count). The lowest BCUT2D eigenvalue weighted by molar-refractivity contribution is -0.142. The molecule has 25 heavy (non-hydrogen) atoms. The number of amides is 5. The number of carbonyl (C=O) groups excluding carboxylic acids is 4. The highest BCUT2D eigenvalue weighted by atomic mass is 16.2. The van der Waals surface area contributed by atoms with Gasteiger partial charge in [0, 0.05) is 32.1 Å². The Bertz CT molecular complexity index is 616. The van der Waals surface area contributed by atoms with Gasteiger partial charge in [0.05, 0.1) is 0 Å². The molecule has 136 valence electrons. The fraction of sp³-hybridized carbons (Fsp3) is 0.765. The van der Waals surface area contributed by atoms with Gasteiger partial charge in [-0.15, -0.1) is 0 Å². The van der Waals surface area contributed by atoms with Gasteiger partial charge in [-0.25, -0.2) is 4.79 Å². The van der Waals surface area contributed by atoms with E-state index in [4.69, 9.17) is 0 Å². The zero-order valence-corrected chi connectivity index (χ0v) is 14.3. The number of hydrogen-bond donors (Lipinski definition) is 1. The monoisotopic (exact) mass is 348 g/mol. The summed E-state index contributed by atoms with van der Waals surface area (Å²) >= 11 is 0. The molecule has 8 heteroatoms. The van der Waals surface area contributed by atoms with Crippen molar-refractivity contribution in [3.63, 3.8) is 0 Å².